The van der Waals surface area contributed by atoms with Crippen LogP contribution in [0.5, 0.6) is 0 Å². The van der Waals surface area contributed by atoms with Gasteiger partial charge in [0.15, 0.2) is 0 Å². The predicted octanol–water partition coefficient (Wildman–Crippen LogP) is 2.90. The number of halogens is 2. The first-order chi connectivity index (χ1) is 7.56. The SMILES string of the molecule is CC(=O)Nc1ccc2nc(Cl)nc(Cl)c2c1. The smallest absolute Gasteiger partial charge is 0.224 e. The van der Waals surface area contributed by atoms with Crippen molar-refractivity contribution in [2.45, 2.75) is 6.92 Å². The lowest BCUT2D eigenvalue weighted by molar-refractivity contribution is -0.114. The molecule has 0 fully saturated rings. The molecule has 0 unspecified atom stereocenters. The monoisotopic (exact) mass is 255 g/mol. The molecule has 0 atom stereocenters. The zero-order chi connectivity index (χ0) is 11.7. The number of hydrogen-bond donors (Lipinski definition) is 1. The fraction of sp³-hybridized carbons (Fsp3) is 0.100. The molecule has 16 heavy (non-hydrogen) atoms. The van der Waals surface area contributed by atoms with E-state index in [2.05, 4.69) is 15.3 Å². The predicted molar refractivity (Wildman–Crippen MR) is 63.9 cm³/mol. The Labute approximate surface area is 102 Å². The summed E-state index contributed by atoms with van der Waals surface area (Å²) in [5, 5.41) is 3.67. The molecule has 6 heteroatoms. The number of benzene rings is 1. The van der Waals surface area contributed by atoms with Crippen LogP contribution in [-0.4, -0.2) is 15.9 Å². The fourth-order valence-corrected chi connectivity index (χ4v) is 1.80. The van der Waals surface area contributed by atoms with E-state index in [0.717, 1.165) is 0 Å². The van der Waals surface area contributed by atoms with E-state index < -0.39 is 0 Å². The number of hydrogen-bond acceptors (Lipinski definition) is 3. The minimum Gasteiger partial charge on any atom is -0.326 e. The standard InChI is InChI=1S/C10H7Cl2N3O/c1-5(16)13-6-2-3-8-7(4-6)9(11)15-10(12)14-8/h2-4H,1H3,(H,13,16). The van der Waals surface area contributed by atoms with E-state index >= 15 is 0 Å². The summed E-state index contributed by atoms with van der Waals surface area (Å²) in [4.78, 5) is 18.7. The number of fused-ring (bicyclic) bond motifs is 1. The van der Waals surface area contributed by atoms with Gasteiger partial charge in [-0.2, -0.15) is 0 Å². The van der Waals surface area contributed by atoms with Crippen LogP contribution >= 0.6 is 23.2 Å². The molecule has 1 heterocycles. The van der Waals surface area contributed by atoms with Gasteiger partial charge in [0.05, 0.1) is 5.52 Å². The highest BCUT2D eigenvalue weighted by Crippen LogP contribution is 2.24. The molecular weight excluding hydrogens is 249 g/mol. The first-order valence-corrected chi connectivity index (χ1v) is 5.22. The summed E-state index contributed by atoms with van der Waals surface area (Å²) >= 11 is 11.6. The van der Waals surface area contributed by atoms with Crippen LogP contribution in [0.15, 0.2) is 18.2 Å². The maximum atomic E-state index is 10.9. The molecule has 2 rings (SSSR count). The molecule has 0 aliphatic rings. The summed E-state index contributed by atoms with van der Waals surface area (Å²) < 4.78 is 0. The molecule has 1 aromatic heterocycles. The van der Waals surface area contributed by atoms with Crippen molar-refractivity contribution < 1.29 is 4.79 Å². The second-order valence-corrected chi connectivity index (χ2v) is 3.89. The van der Waals surface area contributed by atoms with Gasteiger partial charge in [0.2, 0.25) is 11.2 Å². The lowest BCUT2D eigenvalue weighted by atomic mass is 10.2. The highest BCUT2D eigenvalue weighted by Gasteiger charge is 2.06. The highest BCUT2D eigenvalue weighted by atomic mass is 35.5. The molecule has 0 aliphatic heterocycles. The Morgan fingerprint density at radius 3 is 2.75 bits per heavy atom. The lowest BCUT2D eigenvalue weighted by Crippen LogP contribution is -2.05. The number of nitrogens with one attached hydrogen (secondary N) is 1. The van der Waals surface area contributed by atoms with Gasteiger partial charge in [0.1, 0.15) is 5.15 Å². The van der Waals surface area contributed by atoms with Gasteiger partial charge in [-0.15, -0.1) is 0 Å². The van der Waals surface area contributed by atoms with Crippen molar-refractivity contribution in [1.29, 1.82) is 0 Å². The maximum absolute atomic E-state index is 10.9. The van der Waals surface area contributed by atoms with Gasteiger partial charge in [-0.3, -0.25) is 4.79 Å². The first kappa shape index (κ1) is 11.1. The van der Waals surface area contributed by atoms with Crippen molar-refractivity contribution in [2.24, 2.45) is 0 Å². The molecule has 0 aliphatic carbocycles. The molecule has 0 saturated heterocycles. The molecule has 0 radical (unpaired) electrons. The quantitative estimate of drug-likeness (QED) is 0.630. The van der Waals surface area contributed by atoms with Gasteiger partial charge in [-0.1, -0.05) is 11.6 Å². The molecule has 0 bridgehead atoms. The molecule has 82 valence electrons. The Kier molecular flexibility index (Phi) is 2.94. The second kappa shape index (κ2) is 4.23. The van der Waals surface area contributed by atoms with E-state index in [1.807, 2.05) is 0 Å². The Hall–Kier alpha value is -1.39. The fourth-order valence-electron chi connectivity index (χ4n) is 1.35. The first-order valence-electron chi connectivity index (χ1n) is 4.46. The van der Waals surface area contributed by atoms with Gasteiger partial charge >= 0.3 is 0 Å². The molecular formula is C10H7Cl2N3O. The van der Waals surface area contributed by atoms with Crippen molar-refractivity contribution in [3.05, 3.63) is 28.6 Å². The number of carbonyl (C=O) groups is 1. The number of anilines is 1. The van der Waals surface area contributed by atoms with Gasteiger partial charge < -0.3 is 5.32 Å². The van der Waals surface area contributed by atoms with E-state index in [4.69, 9.17) is 23.2 Å². The third-order valence-electron chi connectivity index (χ3n) is 1.94. The van der Waals surface area contributed by atoms with Crippen LogP contribution in [0.2, 0.25) is 10.4 Å². The Bertz CT molecular complexity index is 571. The number of nitrogens with zero attached hydrogens (tertiary/aromatic N) is 2. The summed E-state index contributed by atoms with van der Waals surface area (Å²) in [6, 6.07) is 5.15. The lowest BCUT2D eigenvalue weighted by Gasteiger charge is -2.04. The number of aromatic nitrogens is 2. The third-order valence-corrected chi connectivity index (χ3v) is 2.40. The summed E-state index contributed by atoms with van der Waals surface area (Å²) in [7, 11) is 0. The largest absolute Gasteiger partial charge is 0.326 e. The van der Waals surface area contributed by atoms with Crippen molar-refractivity contribution in [1.82, 2.24) is 9.97 Å². The highest BCUT2D eigenvalue weighted by molar-refractivity contribution is 6.35. The summed E-state index contributed by atoms with van der Waals surface area (Å²) in [6.07, 6.45) is 0. The van der Waals surface area contributed by atoms with Gasteiger partial charge in [0.25, 0.3) is 0 Å². The number of amides is 1. The third kappa shape index (κ3) is 2.23. The summed E-state index contributed by atoms with van der Waals surface area (Å²) in [5.41, 5.74) is 1.28. The molecule has 0 saturated carbocycles. The maximum Gasteiger partial charge on any atom is 0.224 e. The van der Waals surface area contributed by atoms with Gasteiger partial charge in [-0.25, -0.2) is 9.97 Å². The van der Waals surface area contributed by atoms with Crippen LogP contribution in [0.25, 0.3) is 10.9 Å². The second-order valence-electron chi connectivity index (χ2n) is 3.20. The van der Waals surface area contributed by atoms with E-state index in [9.17, 15) is 4.79 Å². The van der Waals surface area contributed by atoms with E-state index in [1.54, 1.807) is 18.2 Å². The minimum atomic E-state index is -0.148. The van der Waals surface area contributed by atoms with Crippen LogP contribution < -0.4 is 5.32 Å². The summed E-state index contributed by atoms with van der Waals surface area (Å²) in [5.74, 6) is -0.148. The Morgan fingerprint density at radius 2 is 2.06 bits per heavy atom. The van der Waals surface area contributed by atoms with Gasteiger partial charge in [0, 0.05) is 18.0 Å². The van der Waals surface area contributed by atoms with Crippen molar-refractivity contribution in [2.75, 3.05) is 5.32 Å². The molecule has 2 aromatic rings. The van der Waals surface area contributed by atoms with Crippen molar-refractivity contribution in [3.8, 4) is 0 Å². The van der Waals surface area contributed by atoms with E-state index in [-0.39, 0.29) is 16.3 Å². The van der Waals surface area contributed by atoms with Crippen LogP contribution in [0, 0.1) is 0 Å². The minimum absolute atomic E-state index is 0.102. The van der Waals surface area contributed by atoms with Crippen molar-refractivity contribution >= 4 is 45.7 Å². The van der Waals surface area contributed by atoms with Gasteiger partial charge in [-0.05, 0) is 29.8 Å². The zero-order valence-electron chi connectivity index (χ0n) is 8.29. The normalized spacial score (nSPS) is 10.4. The zero-order valence-corrected chi connectivity index (χ0v) is 9.80. The van der Waals surface area contributed by atoms with Crippen molar-refractivity contribution in [3.63, 3.8) is 0 Å². The topological polar surface area (TPSA) is 54.9 Å². The van der Waals surface area contributed by atoms with Crippen LogP contribution in [0.4, 0.5) is 5.69 Å². The molecule has 4 nitrogen and oxygen atoms in total. The van der Waals surface area contributed by atoms with Crippen LogP contribution in [-0.2, 0) is 4.79 Å². The Balaban J connectivity index is 2.57. The van der Waals surface area contributed by atoms with E-state index in [1.165, 1.54) is 6.92 Å². The molecule has 1 N–H and O–H groups in total. The van der Waals surface area contributed by atoms with Crippen LogP contribution in [0.1, 0.15) is 6.92 Å². The molecule has 1 aromatic carbocycles. The molecule has 1 amide bonds. The Morgan fingerprint density at radius 1 is 1.31 bits per heavy atom. The number of rotatable bonds is 1. The summed E-state index contributed by atoms with van der Waals surface area (Å²) in [6.45, 7) is 1.43. The molecule has 0 spiro atoms. The average molecular weight is 256 g/mol. The number of carbonyl (C=O) groups excluding carboxylic acids is 1. The van der Waals surface area contributed by atoms with E-state index in [0.29, 0.717) is 16.6 Å². The van der Waals surface area contributed by atoms with Crippen LogP contribution in [0.3, 0.4) is 0 Å². The average Bonchev–Trinajstić information content (AvgIpc) is 2.18.